The molecule has 1 aliphatic carbocycles. The quantitative estimate of drug-likeness (QED) is 0.373. The number of benzene rings is 2. The molecule has 0 amide bonds. The Morgan fingerprint density at radius 2 is 1.57 bits per heavy atom. The second-order valence-corrected chi connectivity index (χ2v) is 7.41. The van der Waals surface area contributed by atoms with E-state index in [0.717, 1.165) is 38.6 Å². The molecule has 28 heavy (non-hydrogen) atoms. The fourth-order valence-electron chi connectivity index (χ4n) is 3.48. The van der Waals surface area contributed by atoms with E-state index in [0.29, 0.717) is 5.56 Å². The zero-order valence-electron chi connectivity index (χ0n) is 14.9. The van der Waals surface area contributed by atoms with Gasteiger partial charge in [0.05, 0.1) is 27.9 Å². The largest absolute Gasteiger partial charge is 0.232 e. The molecule has 5 rings (SSSR count). The Balaban J connectivity index is 1.85. The molecule has 0 bridgehead atoms. The second-order valence-electron chi connectivity index (χ2n) is 6.46. The summed E-state index contributed by atoms with van der Waals surface area (Å²) in [4.78, 5) is 1.15. The van der Waals surface area contributed by atoms with Crippen molar-refractivity contribution in [3.63, 3.8) is 0 Å². The van der Waals surface area contributed by atoms with Gasteiger partial charge in [0.15, 0.2) is 0 Å². The summed E-state index contributed by atoms with van der Waals surface area (Å²) < 4.78 is 2.01. The van der Waals surface area contributed by atoms with Gasteiger partial charge in [-0.05, 0) is 35.7 Å². The molecule has 0 unspecified atom stereocenters. The summed E-state index contributed by atoms with van der Waals surface area (Å²) in [5, 5.41) is 16.3. The first-order valence-electron chi connectivity index (χ1n) is 8.97. The highest BCUT2D eigenvalue weighted by Crippen LogP contribution is 2.41. The number of rotatable bonds is 3. The van der Waals surface area contributed by atoms with E-state index in [-0.39, 0.29) is 0 Å². The second kappa shape index (κ2) is 6.80. The Morgan fingerprint density at radius 1 is 0.786 bits per heavy atom. The van der Waals surface area contributed by atoms with E-state index in [9.17, 15) is 0 Å². The molecule has 0 N–H and O–H groups in total. The third-order valence-electron chi connectivity index (χ3n) is 4.78. The molecule has 1 aliphatic heterocycles. The van der Waals surface area contributed by atoms with Crippen molar-refractivity contribution in [1.82, 2.24) is 9.78 Å². The maximum absolute atomic E-state index is 9.15. The summed E-state index contributed by atoms with van der Waals surface area (Å²) in [6.45, 7) is 0. The predicted octanol–water partition coefficient (Wildman–Crippen LogP) is 6.24. The lowest BCUT2D eigenvalue weighted by Gasteiger charge is -2.20. The van der Waals surface area contributed by atoms with Crippen molar-refractivity contribution in [2.24, 2.45) is 0 Å². The zero-order chi connectivity index (χ0) is 18.9. The van der Waals surface area contributed by atoms with Gasteiger partial charge in [-0.1, -0.05) is 54.6 Å². The Bertz CT molecular complexity index is 1240. The summed E-state index contributed by atoms with van der Waals surface area (Å²) >= 11 is 1.69. The van der Waals surface area contributed by atoms with Crippen LogP contribution in [0.1, 0.15) is 5.56 Å². The minimum absolute atomic E-state index is 0.650. The van der Waals surface area contributed by atoms with E-state index in [4.69, 9.17) is 10.4 Å². The molecule has 2 aromatic carbocycles. The molecule has 0 radical (unpaired) electrons. The van der Waals surface area contributed by atoms with Crippen LogP contribution < -0.4 is 0 Å². The van der Waals surface area contributed by atoms with E-state index in [1.807, 2.05) is 47.1 Å². The van der Waals surface area contributed by atoms with Crippen molar-refractivity contribution in [3.8, 4) is 44.7 Å². The Labute approximate surface area is 167 Å². The molecule has 4 heteroatoms. The molecule has 132 valence electrons. The van der Waals surface area contributed by atoms with E-state index >= 15 is 0 Å². The minimum Gasteiger partial charge on any atom is -0.232 e. The molecule has 1 aromatic heterocycles. The highest BCUT2D eigenvalue weighted by molar-refractivity contribution is 7.13. The molecule has 0 saturated carbocycles. The van der Waals surface area contributed by atoms with Crippen LogP contribution in [0.2, 0.25) is 0 Å². The number of thiophene rings is 1. The van der Waals surface area contributed by atoms with Crippen LogP contribution in [0, 0.1) is 11.3 Å². The molecular weight excluding hydrogens is 362 g/mol. The standard InChI is InChI=1S/C24H15N3S/c25-16-17-11-13-18(14-12-17)24-21-9-4-8-20(21)23(22-10-5-15-28-22)26-27(24)19-6-2-1-3-7-19/h1-15H. The topological polar surface area (TPSA) is 41.6 Å². The van der Waals surface area contributed by atoms with Crippen LogP contribution in [0.25, 0.3) is 38.6 Å². The molecule has 2 aliphatic rings. The predicted molar refractivity (Wildman–Crippen MR) is 114 cm³/mol. The molecular formula is C24H15N3S. The zero-order valence-corrected chi connectivity index (χ0v) is 15.7. The molecule has 0 spiro atoms. The first-order chi connectivity index (χ1) is 13.8. The van der Waals surface area contributed by atoms with Gasteiger partial charge in [-0.3, -0.25) is 0 Å². The van der Waals surface area contributed by atoms with Crippen LogP contribution in [0.3, 0.4) is 0 Å². The van der Waals surface area contributed by atoms with E-state index < -0.39 is 0 Å². The van der Waals surface area contributed by atoms with Gasteiger partial charge in [-0.2, -0.15) is 10.4 Å². The maximum Gasteiger partial charge on any atom is 0.109 e. The Hall–Kier alpha value is -3.68. The number of fused-ring (bicyclic) bond motifs is 1. The fraction of sp³-hybridized carbons (Fsp3) is 0. The molecule has 3 aromatic rings. The van der Waals surface area contributed by atoms with Crippen molar-refractivity contribution >= 4 is 11.3 Å². The number of aromatic nitrogens is 2. The lowest BCUT2D eigenvalue weighted by atomic mass is 9.99. The number of nitrogens with zero attached hydrogens (tertiary/aromatic N) is 3. The van der Waals surface area contributed by atoms with Crippen LogP contribution >= 0.6 is 11.3 Å². The molecule has 3 nitrogen and oxygen atoms in total. The van der Waals surface area contributed by atoms with Crippen LogP contribution in [-0.4, -0.2) is 9.78 Å². The lowest BCUT2D eigenvalue weighted by Crippen LogP contribution is -2.09. The Kier molecular flexibility index (Phi) is 4.01. The highest BCUT2D eigenvalue weighted by Gasteiger charge is 2.22. The summed E-state index contributed by atoms with van der Waals surface area (Å²) in [7, 11) is 0. The first kappa shape index (κ1) is 16.5. The van der Waals surface area contributed by atoms with Crippen LogP contribution in [0.15, 0.2) is 90.3 Å². The minimum atomic E-state index is 0.650. The Morgan fingerprint density at radius 3 is 2.29 bits per heavy atom. The third-order valence-corrected chi connectivity index (χ3v) is 5.66. The smallest absolute Gasteiger partial charge is 0.109 e. The molecule has 2 heterocycles. The molecule has 0 fully saturated rings. The number of hydrogen-bond donors (Lipinski definition) is 0. The summed E-state index contributed by atoms with van der Waals surface area (Å²) in [5.74, 6) is 0. The summed E-state index contributed by atoms with van der Waals surface area (Å²) in [6.07, 6.45) is 0. The number of nitriles is 1. The van der Waals surface area contributed by atoms with Crippen LogP contribution in [0.5, 0.6) is 0 Å². The summed E-state index contributed by atoms with van der Waals surface area (Å²) in [6, 6.07) is 30.6. The van der Waals surface area contributed by atoms with Gasteiger partial charge in [-0.25, -0.2) is 4.68 Å². The monoisotopic (exact) mass is 377 g/mol. The maximum atomic E-state index is 9.15. The SMILES string of the molecule is N#Cc1ccc(-c2c3cccc-3c(-c3cccs3)nn2-c2ccccc2)cc1. The highest BCUT2D eigenvalue weighted by atomic mass is 32.1. The van der Waals surface area contributed by atoms with Crippen molar-refractivity contribution in [1.29, 1.82) is 5.26 Å². The van der Waals surface area contributed by atoms with Crippen molar-refractivity contribution in [2.75, 3.05) is 0 Å². The van der Waals surface area contributed by atoms with Gasteiger partial charge in [0.2, 0.25) is 0 Å². The molecule has 0 atom stereocenters. The first-order valence-corrected chi connectivity index (χ1v) is 9.85. The van der Waals surface area contributed by atoms with Crippen molar-refractivity contribution in [3.05, 3.63) is 95.9 Å². The third kappa shape index (κ3) is 2.70. The summed E-state index contributed by atoms with van der Waals surface area (Å²) in [5.41, 5.74) is 6.97. The van der Waals surface area contributed by atoms with Gasteiger partial charge >= 0.3 is 0 Å². The number of hydrogen-bond acceptors (Lipinski definition) is 3. The van der Waals surface area contributed by atoms with E-state index in [1.54, 1.807) is 11.3 Å². The van der Waals surface area contributed by atoms with Gasteiger partial charge < -0.3 is 0 Å². The van der Waals surface area contributed by atoms with Gasteiger partial charge in [0.1, 0.15) is 5.69 Å². The van der Waals surface area contributed by atoms with Gasteiger partial charge in [0.25, 0.3) is 0 Å². The normalized spacial score (nSPS) is 10.8. The van der Waals surface area contributed by atoms with E-state index in [1.165, 1.54) is 0 Å². The average molecular weight is 377 g/mol. The molecule has 0 saturated heterocycles. The van der Waals surface area contributed by atoms with Gasteiger partial charge in [0, 0.05) is 16.7 Å². The van der Waals surface area contributed by atoms with Crippen LogP contribution in [0.4, 0.5) is 0 Å². The lowest BCUT2D eigenvalue weighted by molar-refractivity contribution is 0.861. The van der Waals surface area contributed by atoms with Gasteiger partial charge in [-0.15, -0.1) is 11.3 Å². The van der Waals surface area contributed by atoms with Crippen LogP contribution in [-0.2, 0) is 0 Å². The number of para-hydroxylation sites is 1. The van der Waals surface area contributed by atoms with Crippen molar-refractivity contribution < 1.29 is 0 Å². The van der Waals surface area contributed by atoms with Crippen molar-refractivity contribution in [2.45, 2.75) is 0 Å². The average Bonchev–Trinajstić information content (AvgIpc) is 3.46. The fourth-order valence-corrected chi connectivity index (χ4v) is 4.21. The van der Waals surface area contributed by atoms with E-state index in [2.05, 4.69) is 53.9 Å².